The van der Waals surface area contributed by atoms with Crippen molar-refractivity contribution in [2.24, 2.45) is 0 Å². The average molecular weight is 623 g/mol. The fourth-order valence-electron chi connectivity index (χ4n) is 3.55. The standard InChI is InChI=1S/C26H27FIN3O4S/c1-3-29-26(33)19(2)30(17-20-9-11-21(27)12-10-20)25(32)18-31(23-15-13-22(28)14-16-23)36(34,35)24-7-5-4-6-8-24/h4-16,19H,3,17-18H2,1-2H3,(H,29,33)/t19-/m1/s1. The lowest BCUT2D eigenvalue weighted by Crippen LogP contribution is -2.51. The zero-order valence-corrected chi connectivity index (χ0v) is 22.9. The number of sulfonamides is 1. The predicted octanol–water partition coefficient (Wildman–Crippen LogP) is 4.18. The Morgan fingerprint density at radius 3 is 2.17 bits per heavy atom. The van der Waals surface area contributed by atoms with Gasteiger partial charge in [0.2, 0.25) is 11.8 Å². The number of carbonyl (C=O) groups is 2. The third-order valence-electron chi connectivity index (χ3n) is 5.51. The first-order valence-corrected chi connectivity index (χ1v) is 13.8. The van der Waals surface area contributed by atoms with Gasteiger partial charge in [-0.15, -0.1) is 0 Å². The van der Waals surface area contributed by atoms with Gasteiger partial charge in [-0.1, -0.05) is 30.3 Å². The van der Waals surface area contributed by atoms with E-state index >= 15 is 0 Å². The zero-order valence-electron chi connectivity index (χ0n) is 19.9. The second-order valence-electron chi connectivity index (χ2n) is 8.02. The van der Waals surface area contributed by atoms with E-state index in [1.54, 1.807) is 56.3 Å². The van der Waals surface area contributed by atoms with Crippen LogP contribution < -0.4 is 9.62 Å². The predicted molar refractivity (Wildman–Crippen MR) is 145 cm³/mol. The normalized spacial score (nSPS) is 12.0. The first-order chi connectivity index (χ1) is 17.1. The van der Waals surface area contributed by atoms with Crippen molar-refractivity contribution in [3.63, 3.8) is 0 Å². The van der Waals surface area contributed by atoms with E-state index in [9.17, 15) is 22.4 Å². The Hall–Kier alpha value is -2.99. The van der Waals surface area contributed by atoms with Crippen LogP contribution in [0.2, 0.25) is 0 Å². The van der Waals surface area contributed by atoms with Gasteiger partial charge < -0.3 is 10.2 Å². The van der Waals surface area contributed by atoms with E-state index in [1.165, 1.54) is 41.3 Å². The zero-order chi connectivity index (χ0) is 26.3. The maximum atomic E-state index is 13.7. The van der Waals surface area contributed by atoms with Gasteiger partial charge in [0.25, 0.3) is 10.0 Å². The number of nitrogens with zero attached hydrogens (tertiary/aromatic N) is 2. The summed E-state index contributed by atoms with van der Waals surface area (Å²) in [6.07, 6.45) is 0. The Balaban J connectivity index is 2.00. The lowest BCUT2D eigenvalue weighted by Gasteiger charge is -2.32. The molecule has 3 aromatic rings. The quantitative estimate of drug-likeness (QED) is 0.344. The molecule has 0 aliphatic rings. The molecule has 0 aliphatic carbocycles. The van der Waals surface area contributed by atoms with Crippen LogP contribution in [0.25, 0.3) is 0 Å². The Bertz CT molecular complexity index is 1290. The molecule has 0 unspecified atom stereocenters. The number of nitrogens with one attached hydrogen (secondary N) is 1. The molecule has 7 nitrogen and oxygen atoms in total. The molecule has 0 radical (unpaired) electrons. The molecular weight excluding hydrogens is 596 g/mol. The molecule has 0 aliphatic heterocycles. The minimum absolute atomic E-state index is 0.00330. The van der Waals surface area contributed by atoms with Crippen LogP contribution in [0.3, 0.4) is 0 Å². The molecule has 3 aromatic carbocycles. The Kier molecular flexibility index (Phi) is 9.43. The molecule has 0 heterocycles. The summed E-state index contributed by atoms with van der Waals surface area (Å²) in [5, 5.41) is 2.70. The van der Waals surface area contributed by atoms with Gasteiger partial charge in [-0.2, -0.15) is 0 Å². The molecule has 190 valence electrons. The molecule has 2 amide bonds. The van der Waals surface area contributed by atoms with Crippen LogP contribution in [0.4, 0.5) is 10.1 Å². The van der Waals surface area contributed by atoms with Crippen LogP contribution in [0, 0.1) is 9.39 Å². The van der Waals surface area contributed by atoms with E-state index in [0.717, 1.165) is 7.88 Å². The van der Waals surface area contributed by atoms with Crippen LogP contribution in [0.1, 0.15) is 19.4 Å². The van der Waals surface area contributed by atoms with Crippen molar-refractivity contribution in [2.75, 3.05) is 17.4 Å². The van der Waals surface area contributed by atoms with E-state index in [2.05, 4.69) is 27.9 Å². The highest BCUT2D eigenvalue weighted by Crippen LogP contribution is 2.25. The van der Waals surface area contributed by atoms with E-state index in [4.69, 9.17) is 0 Å². The molecule has 0 aromatic heterocycles. The number of benzene rings is 3. The summed E-state index contributed by atoms with van der Waals surface area (Å²) in [4.78, 5) is 27.6. The summed E-state index contributed by atoms with van der Waals surface area (Å²) < 4.78 is 42.6. The number of hydrogen-bond donors (Lipinski definition) is 1. The van der Waals surface area contributed by atoms with Crippen molar-refractivity contribution >= 4 is 50.1 Å². The van der Waals surface area contributed by atoms with Crippen molar-refractivity contribution in [3.05, 3.63) is 93.8 Å². The maximum Gasteiger partial charge on any atom is 0.264 e. The van der Waals surface area contributed by atoms with Gasteiger partial charge in [-0.3, -0.25) is 13.9 Å². The van der Waals surface area contributed by atoms with E-state index in [-0.39, 0.29) is 17.3 Å². The molecule has 0 saturated heterocycles. The summed E-state index contributed by atoms with van der Waals surface area (Å²) in [5.41, 5.74) is 0.924. The molecule has 0 spiro atoms. The van der Waals surface area contributed by atoms with Crippen LogP contribution >= 0.6 is 22.6 Å². The summed E-state index contributed by atoms with van der Waals surface area (Å²) in [7, 11) is -4.10. The molecule has 0 bridgehead atoms. The Morgan fingerprint density at radius 1 is 0.972 bits per heavy atom. The molecule has 1 N–H and O–H groups in total. The topological polar surface area (TPSA) is 86.8 Å². The van der Waals surface area contributed by atoms with Crippen LogP contribution in [0.15, 0.2) is 83.8 Å². The van der Waals surface area contributed by atoms with Gasteiger partial charge in [0, 0.05) is 16.7 Å². The number of rotatable bonds is 10. The summed E-state index contributed by atoms with van der Waals surface area (Å²) >= 11 is 2.11. The minimum Gasteiger partial charge on any atom is -0.355 e. The van der Waals surface area contributed by atoms with Crippen LogP contribution in [-0.4, -0.2) is 44.3 Å². The molecule has 1 atom stereocenters. The molecule has 3 rings (SSSR count). The molecule has 0 fully saturated rings. The second-order valence-corrected chi connectivity index (χ2v) is 11.1. The number of likely N-dealkylation sites (N-methyl/N-ethyl adjacent to an activating group) is 1. The number of halogens is 2. The summed E-state index contributed by atoms with van der Waals surface area (Å²) in [6, 6.07) is 19.3. The largest absolute Gasteiger partial charge is 0.355 e. The first kappa shape index (κ1) is 27.6. The van der Waals surface area contributed by atoms with Crippen molar-refractivity contribution in [2.45, 2.75) is 31.3 Å². The van der Waals surface area contributed by atoms with E-state index < -0.39 is 34.3 Å². The highest BCUT2D eigenvalue weighted by atomic mass is 127. The summed E-state index contributed by atoms with van der Waals surface area (Å²) in [6.45, 7) is 3.19. The smallest absolute Gasteiger partial charge is 0.264 e. The lowest BCUT2D eigenvalue weighted by atomic mass is 10.1. The Labute approximate surface area is 224 Å². The van der Waals surface area contributed by atoms with Gasteiger partial charge in [0.15, 0.2) is 0 Å². The van der Waals surface area contributed by atoms with Gasteiger partial charge in [0.1, 0.15) is 18.4 Å². The highest BCUT2D eigenvalue weighted by Gasteiger charge is 2.32. The van der Waals surface area contributed by atoms with Gasteiger partial charge in [0.05, 0.1) is 10.6 Å². The minimum atomic E-state index is -4.10. The first-order valence-electron chi connectivity index (χ1n) is 11.3. The van der Waals surface area contributed by atoms with Gasteiger partial charge >= 0.3 is 0 Å². The number of carbonyl (C=O) groups excluding carboxylic acids is 2. The number of hydrogen-bond acceptors (Lipinski definition) is 4. The Morgan fingerprint density at radius 2 is 1.58 bits per heavy atom. The molecule has 10 heteroatoms. The SMILES string of the molecule is CCNC(=O)[C@@H](C)N(Cc1ccc(F)cc1)C(=O)CN(c1ccc(I)cc1)S(=O)(=O)c1ccccc1. The molecule has 36 heavy (non-hydrogen) atoms. The van der Waals surface area contributed by atoms with Crippen molar-refractivity contribution in [1.82, 2.24) is 10.2 Å². The fourth-order valence-corrected chi connectivity index (χ4v) is 5.34. The van der Waals surface area contributed by atoms with Crippen molar-refractivity contribution in [3.8, 4) is 0 Å². The van der Waals surface area contributed by atoms with Crippen molar-refractivity contribution in [1.29, 1.82) is 0 Å². The fraction of sp³-hybridized carbons (Fsp3) is 0.231. The van der Waals surface area contributed by atoms with Crippen molar-refractivity contribution < 1.29 is 22.4 Å². The maximum absolute atomic E-state index is 13.7. The molecular formula is C26H27FIN3O4S. The summed E-state index contributed by atoms with van der Waals surface area (Å²) in [5.74, 6) is -1.37. The molecule has 0 saturated carbocycles. The second kappa shape index (κ2) is 12.3. The third kappa shape index (κ3) is 6.82. The average Bonchev–Trinajstić information content (AvgIpc) is 2.87. The monoisotopic (exact) mass is 623 g/mol. The van der Waals surface area contributed by atoms with E-state index in [1.807, 2.05) is 0 Å². The van der Waals surface area contributed by atoms with E-state index in [0.29, 0.717) is 17.8 Å². The third-order valence-corrected chi connectivity index (χ3v) is 8.02. The lowest BCUT2D eigenvalue weighted by molar-refractivity contribution is -0.139. The van der Waals surface area contributed by atoms with Crippen LogP contribution in [0.5, 0.6) is 0 Å². The number of anilines is 1. The number of amides is 2. The van der Waals surface area contributed by atoms with Gasteiger partial charge in [-0.05, 0) is 90.5 Å². The van der Waals surface area contributed by atoms with Gasteiger partial charge in [-0.25, -0.2) is 12.8 Å². The van der Waals surface area contributed by atoms with Crippen LogP contribution in [-0.2, 0) is 26.2 Å². The highest BCUT2D eigenvalue weighted by molar-refractivity contribution is 14.1.